The molecule has 0 aliphatic heterocycles. The Morgan fingerprint density at radius 3 is 1.54 bits per heavy atom. The largest absolute Gasteiger partial charge is 0.146 e. The quantitative estimate of drug-likeness (QED) is 0.420. The highest BCUT2D eigenvalue weighted by atomic mass is 28.3. The van der Waals surface area contributed by atoms with E-state index in [-0.39, 0.29) is 0 Å². The van der Waals surface area contributed by atoms with Gasteiger partial charge in [0.15, 0.2) is 0 Å². The lowest BCUT2D eigenvalue weighted by molar-refractivity contribution is 0.838. The van der Waals surface area contributed by atoms with Crippen LogP contribution < -0.4 is 0 Å². The van der Waals surface area contributed by atoms with Crippen molar-refractivity contribution in [1.29, 1.82) is 0 Å². The van der Waals surface area contributed by atoms with Crippen molar-refractivity contribution >= 4 is 8.07 Å². The topological polar surface area (TPSA) is 0 Å². The molecular weight excluding hydrogens is 304 g/mol. The minimum absolute atomic E-state index is 0.675. The number of rotatable bonds is 4. The first-order valence-corrected chi connectivity index (χ1v) is 11.3. The second kappa shape index (κ2) is 7.86. The molecular formula is C23H30Si. The number of benzene rings is 2. The summed E-state index contributed by atoms with van der Waals surface area (Å²) in [6, 6.07) is 19.2. The van der Waals surface area contributed by atoms with Gasteiger partial charge in [0.2, 0.25) is 0 Å². The highest BCUT2D eigenvalue weighted by Gasteiger charge is 2.41. The first-order chi connectivity index (χ1) is 11.4. The van der Waals surface area contributed by atoms with Gasteiger partial charge in [-0.3, -0.25) is 0 Å². The van der Waals surface area contributed by atoms with Crippen molar-refractivity contribution in [1.82, 2.24) is 0 Å². The van der Waals surface area contributed by atoms with Crippen LogP contribution in [0.15, 0.2) is 54.6 Å². The van der Waals surface area contributed by atoms with E-state index in [0.29, 0.717) is 16.6 Å². The summed E-state index contributed by atoms with van der Waals surface area (Å²) in [7, 11) is -1.65. The maximum absolute atomic E-state index is 3.80. The minimum atomic E-state index is -1.65. The third-order valence-corrected chi connectivity index (χ3v) is 11.6. The van der Waals surface area contributed by atoms with E-state index in [0.717, 1.165) is 5.56 Å². The third-order valence-electron chi connectivity index (χ3n) is 5.28. The lowest BCUT2D eigenvalue weighted by Crippen LogP contribution is -2.43. The molecule has 0 saturated heterocycles. The Morgan fingerprint density at radius 2 is 1.08 bits per heavy atom. The molecule has 0 aliphatic carbocycles. The van der Waals surface area contributed by atoms with Crippen molar-refractivity contribution in [2.75, 3.05) is 0 Å². The molecule has 2 aromatic carbocycles. The zero-order valence-corrected chi connectivity index (χ0v) is 16.9. The van der Waals surface area contributed by atoms with Gasteiger partial charge in [-0.05, 0) is 39.9 Å². The maximum atomic E-state index is 3.80. The van der Waals surface area contributed by atoms with Crippen LogP contribution in [0.5, 0.6) is 0 Å². The van der Waals surface area contributed by atoms with Crippen LogP contribution in [0.3, 0.4) is 0 Å². The lowest BCUT2D eigenvalue weighted by atomic mass is 10.0. The van der Waals surface area contributed by atoms with Gasteiger partial charge in [-0.25, -0.2) is 0 Å². The normalized spacial score (nSPS) is 11.7. The first-order valence-electron chi connectivity index (χ1n) is 9.06. The smallest absolute Gasteiger partial charge is 0.125 e. The van der Waals surface area contributed by atoms with Gasteiger partial charge in [-0.15, -0.1) is 5.54 Å². The highest BCUT2D eigenvalue weighted by Crippen LogP contribution is 2.40. The van der Waals surface area contributed by atoms with E-state index in [1.165, 1.54) is 11.1 Å². The summed E-state index contributed by atoms with van der Waals surface area (Å²) in [5.41, 5.74) is 9.46. The van der Waals surface area contributed by atoms with Crippen molar-refractivity contribution in [2.24, 2.45) is 0 Å². The Kier molecular flexibility index (Phi) is 6.08. The first kappa shape index (κ1) is 18.6. The predicted octanol–water partition coefficient (Wildman–Crippen LogP) is 6.92. The fraction of sp³-hybridized carbons (Fsp3) is 0.391. The van der Waals surface area contributed by atoms with Crippen LogP contribution in [0.25, 0.3) is 11.1 Å². The van der Waals surface area contributed by atoms with Gasteiger partial charge in [0.05, 0.1) is 0 Å². The van der Waals surface area contributed by atoms with E-state index >= 15 is 0 Å². The molecule has 126 valence electrons. The molecule has 0 nitrogen and oxygen atoms in total. The van der Waals surface area contributed by atoms with Gasteiger partial charge in [-0.1, -0.05) is 89.9 Å². The SMILES string of the molecule is CC(C)[Si](C#Cc1ccc(-c2ccccc2)cc1)(C(C)C)C(C)C. The van der Waals surface area contributed by atoms with E-state index in [1.54, 1.807) is 0 Å². The van der Waals surface area contributed by atoms with Crippen LogP contribution in [-0.4, -0.2) is 8.07 Å². The van der Waals surface area contributed by atoms with E-state index in [9.17, 15) is 0 Å². The Bertz CT molecular complexity index is 675. The number of hydrogen-bond acceptors (Lipinski definition) is 0. The Hall–Kier alpha value is -1.78. The van der Waals surface area contributed by atoms with Crippen molar-refractivity contribution in [3.05, 3.63) is 60.2 Å². The summed E-state index contributed by atoms with van der Waals surface area (Å²) < 4.78 is 0. The average Bonchev–Trinajstić information content (AvgIpc) is 2.56. The Morgan fingerprint density at radius 1 is 0.625 bits per heavy atom. The summed E-state index contributed by atoms with van der Waals surface area (Å²) in [5.74, 6) is 3.52. The van der Waals surface area contributed by atoms with Crippen molar-refractivity contribution in [2.45, 2.75) is 58.2 Å². The van der Waals surface area contributed by atoms with E-state index in [4.69, 9.17) is 0 Å². The van der Waals surface area contributed by atoms with Crippen LogP contribution in [0.2, 0.25) is 16.6 Å². The van der Waals surface area contributed by atoms with Crippen LogP contribution in [-0.2, 0) is 0 Å². The standard InChI is InChI=1S/C23H30Si/c1-18(2)24(19(3)4,20(5)6)17-16-21-12-14-23(15-13-21)22-10-8-7-9-11-22/h7-15,18-20H,1-6H3. The summed E-state index contributed by atoms with van der Waals surface area (Å²) >= 11 is 0. The molecule has 0 heterocycles. The average molecular weight is 335 g/mol. The van der Waals surface area contributed by atoms with Crippen molar-refractivity contribution in [3.8, 4) is 22.6 Å². The van der Waals surface area contributed by atoms with Gasteiger partial charge < -0.3 is 0 Å². The van der Waals surface area contributed by atoms with Crippen LogP contribution in [0.4, 0.5) is 0 Å². The summed E-state index contributed by atoms with van der Waals surface area (Å²) in [5, 5.41) is 0. The van der Waals surface area contributed by atoms with Crippen molar-refractivity contribution in [3.63, 3.8) is 0 Å². The van der Waals surface area contributed by atoms with E-state index in [2.05, 4.69) is 108 Å². The molecule has 0 N–H and O–H groups in total. The molecule has 2 aromatic rings. The molecule has 0 amide bonds. The zero-order chi connectivity index (χ0) is 17.7. The fourth-order valence-electron chi connectivity index (χ4n) is 3.99. The summed E-state index contributed by atoms with van der Waals surface area (Å²) in [4.78, 5) is 0. The molecule has 0 radical (unpaired) electrons. The second-order valence-electron chi connectivity index (χ2n) is 7.59. The van der Waals surface area contributed by atoms with Crippen LogP contribution in [0, 0.1) is 11.5 Å². The molecule has 0 atom stereocenters. The van der Waals surface area contributed by atoms with Gasteiger partial charge in [0, 0.05) is 5.56 Å². The molecule has 0 unspecified atom stereocenters. The third kappa shape index (κ3) is 3.82. The molecule has 0 saturated carbocycles. The lowest BCUT2D eigenvalue weighted by Gasteiger charge is -2.38. The highest BCUT2D eigenvalue weighted by molar-refractivity contribution is 6.90. The Balaban J connectivity index is 2.32. The van der Waals surface area contributed by atoms with E-state index < -0.39 is 8.07 Å². The molecule has 2 rings (SSSR count). The second-order valence-corrected chi connectivity index (χ2v) is 13.2. The zero-order valence-electron chi connectivity index (χ0n) is 15.9. The minimum Gasteiger partial charge on any atom is -0.125 e. The molecule has 0 spiro atoms. The number of hydrogen-bond donors (Lipinski definition) is 0. The molecule has 0 aromatic heterocycles. The Labute approximate surface area is 149 Å². The van der Waals surface area contributed by atoms with Gasteiger partial charge >= 0.3 is 0 Å². The molecule has 1 heteroatoms. The maximum Gasteiger partial charge on any atom is 0.146 e. The predicted molar refractivity (Wildman–Crippen MR) is 110 cm³/mol. The van der Waals surface area contributed by atoms with Gasteiger partial charge in [-0.2, -0.15) is 0 Å². The van der Waals surface area contributed by atoms with Crippen LogP contribution in [0.1, 0.15) is 47.1 Å². The van der Waals surface area contributed by atoms with Crippen molar-refractivity contribution < 1.29 is 0 Å². The van der Waals surface area contributed by atoms with E-state index in [1.807, 2.05) is 0 Å². The van der Waals surface area contributed by atoms with Crippen LogP contribution >= 0.6 is 0 Å². The molecule has 0 aliphatic rings. The molecule has 0 bridgehead atoms. The summed E-state index contributed by atoms with van der Waals surface area (Å²) in [6.07, 6.45) is 0. The molecule has 24 heavy (non-hydrogen) atoms. The molecule has 0 fully saturated rings. The monoisotopic (exact) mass is 334 g/mol. The van der Waals surface area contributed by atoms with Gasteiger partial charge in [0.1, 0.15) is 8.07 Å². The van der Waals surface area contributed by atoms with Gasteiger partial charge in [0.25, 0.3) is 0 Å². The summed E-state index contributed by atoms with van der Waals surface area (Å²) in [6.45, 7) is 14.2. The fourth-order valence-corrected chi connectivity index (χ4v) is 9.22.